The summed E-state index contributed by atoms with van der Waals surface area (Å²) in [4.78, 5) is 22.7. The van der Waals surface area contributed by atoms with Crippen LogP contribution in [0.2, 0.25) is 0 Å². The number of phenolic OH excluding ortho intramolecular Hbond substituents is 1. The van der Waals surface area contributed by atoms with Crippen molar-refractivity contribution in [1.29, 1.82) is 5.26 Å². The number of aromatic amines is 1. The Balaban J connectivity index is 1.54. The van der Waals surface area contributed by atoms with Crippen LogP contribution in [0.4, 0.5) is 0 Å². The molecule has 2 N–H and O–H groups in total. The lowest BCUT2D eigenvalue weighted by molar-refractivity contribution is 0.0250. The fourth-order valence-corrected chi connectivity index (χ4v) is 5.24. The summed E-state index contributed by atoms with van der Waals surface area (Å²) < 4.78 is 0. The number of likely N-dealkylation sites (tertiary alicyclic amines) is 1. The first-order valence-electron chi connectivity index (χ1n) is 9.93. The molecule has 1 amide bonds. The molecule has 3 atom stereocenters. The average molecular weight is 386 g/mol. The maximum Gasteiger partial charge on any atom is 0.254 e. The number of aromatic nitrogens is 2. The molecule has 2 aliphatic rings. The average Bonchev–Trinajstić information content (AvgIpc) is 3.18. The summed E-state index contributed by atoms with van der Waals surface area (Å²) in [6.45, 7) is 5.08. The van der Waals surface area contributed by atoms with Gasteiger partial charge >= 0.3 is 0 Å². The van der Waals surface area contributed by atoms with Gasteiger partial charge in [0.2, 0.25) is 0 Å². The molecule has 1 aliphatic heterocycles. The summed E-state index contributed by atoms with van der Waals surface area (Å²) >= 11 is 0. The van der Waals surface area contributed by atoms with Gasteiger partial charge in [-0.2, -0.15) is 5.26 Å². The largest absolute Gasteiger partial charge is 0.507 e. The maximum atomic E-state index is 13.4. The summed E-state index contributed by atoms with van der Waals surface area (Å²) in [5, 5.41) is 19.5. The fourth-order valence-electron chi connectivity index (χ4n) is 5.24. The number of imidazole rings is 1. The van der Waals surface area contributed by atoms with Crippen LogP contribution < -0.4 is 0 Å². The number of fused-ring (bicyclic) bond motifs is 5. The molecule has 146 valence electrons. The number of amides is 1. The van der Waals surface area contributed by atoms with Crippen molar-refractivity contribution in [3.63, 3.8) is 0 Å². The van der Waals surface area contributed by atoms with Crippen LogP contribution in [-0.2, 0) is 11.8 Å². The number of H-pyrrole nitrogens is 1. The van der Waals surface area contributed by atoms with E-state index < -0.39 is 0 Å². The van der Waals surface area contributed by atoms with Gasteiger partial charge < -0.3 is 15.0 Å². The topological polar surface area (TPSA) is 93.0 Å². The number of carbonyl (C=O) groups excluding carboxylic acids is 1. The van der Waals surface area contributed by atoms with E-state index in [4.69, 9.17) is 0 Å². The van der Waals surface area contributed by atoms with Gasteiger partial charge in [-0.1, -0.05) is 13.8 Å². The molecular formula is C23H22N4O2. The first-order valence-corrected chi connectivity index (χ1v) is 9.93. The highest BCUT2D eigenvalue weighted by molar-refractivity contribution is 5.97. The summed E-state index contributed by atoms with van der Waals surface area (Å²) in [5.74, 6) is 0.323. The Morgan fingerprint density at radius 2 is 2.21 bits per heavy atom. The Hall–Kier alpha value is -3.33. The second kappa shape index (κ2) is 6.08. The van der Waals surface area contributed by atoms with Gasteiger partial charge in [-0.05, 0) is 65.6 Å². The zero-order valence-electron chi connectivity index (χ0n) is 16.4. The number of nitriles is 1. The Morgan fingerprint density at radius 3 is 3.00 bits per heavy atom. The fraction of sp³-hybridized carbons (Fsp3) is 0.348. The first kappa shape index (κ1) is 17.7. The van der Waals surface area contributed by atoms with E-state index in [0.717, 1.165) is 28.6 Å². The van der Waals surface area contributed by atoms with E-state index in [1.807, 2.05) is 23.1 Å². The standard InChI is InChI=1S/C23H22N4O2/c1-13-20-9-15-7-16(11-24)21(28)10-17(15)23(13,2)5-6-27(20)22(29)14-3-4-18-19(8-14)26-12-25-18/h3-4,7-8,10,12-13,20,28H,5-6,9H2,1-2H3,(H,25,26)/t13-,20-,23-/m1/s1. The third-order valence-electron chi connectivity index (χ3n) is 7.17. The van der Waals surface area contributed by atoms with Crippen LogP contribution in [0.3, 0.4) is 0 Å². The molecule has 0 spiro atoms. The van der Waals surface area contributed by atoms with Gasteiger partial charge in [0, 0.05) is 18.2 Å². The van der Waals surface area contributed by atoms with E-state index >= 15 is 0 Å². The second-order valence-electron chi connectivity index (χ2n) is 8.50. The number of rotatable bonds is 1. The van der Waals surface area contributed by atoms with Crippen molar-refractivity contribution in [2.75, 3.05) is 6.54 Å². The van der Waals surface area contributed by atoms with Crippen molar-refractivity contribution >= 4 is 16.9 Å². The van der Waals surface area contributed by atoms with Crippen molar-refractivity contribution in [2.24, 2.45) is 5.92 Å². The lowest BCUT2D eigenvalue weighted by Crippen LogP contribution is -2.59. The number of hydrogen-bond donors (Lipinski definition) is 2. The van der Waals surface area contributed by atoms with Crippen molar-refractivity contribution in [3.8, 4) is 11.8 Å². The minimum Gasteiger partial charge on any atom is -0.507 e. The molecule has 5 rings (SSSR count). The molecule has 2 bridgehead atoms. The number of phenols is 1. The van der Waals surface area contributed by atoms with Crippen LogP contribution in [0.25, 0.3) is 11.0 Å². The van der Waals surface area contributed by atoms with E-state index in [0.29, 0.717) is 24.1 Å². The van der Waals surface area contributed by atoms with Crippen LogP contribution in [0, 0.1) is 17.2 Å². The number of piperidine rings is 1. The smallest absolute Gasteiger partial charge is 0.254 e. The SMILES string of the molecule is C[C@@H]1[C@H]2Cc3cc(C#N)c(O)cc3[C@]1(C)CCN2C(=O)c1ccc2nc[nH]c2c1. The minimum absolute atomic E-state index is 0.0307. The zero-order chi connectivity index (χ0) is 20.3. The highest BCUT2D eigenvalue weighted by Crippen LogP contribution is 2.50. The van der Waals surface area contributed by atoms with Crippen molar-refractivity contribution in [2.45, 2.75) is 38.1 Å². The Bertz CT molecular complexity index is 1190. The lowest BCUT2D eigenvalue weighted by atomic mass is 9.58. The maximum absolute atomic E-state index is 13.4. The van der Waals surface area contributed by atoms with Crippen LogP contribution in [0.1, 0.15) is 47.3 Å². The number of aromatic hydroxyl groups is 1. The van der Waals surface area contributed by atoms with E-state index in [-0.39, 0.29) is 29.0 Å². The molecule has 1 aliphatic carbocycles. The highest BCUT2D eigenvalue weighted by atomic mass is 16.3. The molecule has 0 saturated carbocycles. The molecule has 2 heterocycles. The van der Waals surface area contributed by atoms with Crippen LogP contribution >= 0.6 is 0 Å². The molecule has 2 aromatic carbocycles. The third kappa shape index (κ3) is 2.47. The van der Waals surface area contributed by atoms with Crippen molar-refractivity contribution < 1.29 is 9.90 Å². The van der Waals surface area contributed by atoms with E-state index in [1.165, 1.54) is 0 Å². The normalized spacial score (nSPS) is 25.5. The summed E-state index contributed by atoms with van der Waals surface area (Å²) in [6, 6.07) is 11.3. The molecule has 1 fully saturated rings. The molecule has 1 aromatic heterocycles. The molecule has 6 nitrogen and oxygen atoms in total. The Kier molecular flexibility index (Phi) is 3.72. The van der Waals surface area contributed by atoms with Gasteiger partial charge in [0.15, 0.2) is 0 Å². The monoisotopic (exact) mass is 386 g/mol. The van der Waals surface area contributed by atoms with Crippen molar-refractivity contribution in [3.05, 3.63) is 58.9 Å². The molecule has 0 radical (unpaired) electrons. The third-order valence-corrected chi connectivity index (χ3v) is 7.17. The molecule has 3 aromatic rings. The number of nitrogens with one attached hydrogen (secondary N) is 1. The van der Waals surface area contributed by atoms with Gasteiger partial charge in [0.25, 0.3) is 5.91 Å². The van der Waals surface area contributed by atoms with Gasteiger partial charge in [-0.25, -0.2) is 4.98 Å². The number of nitrogens with zero attached hydrogens (tertiary/aromatic N) is 3. The van der Waals surface area contributed by atoms with Crippen LogP contribution in [0.5, 0.6) is 5.75 Å². The van der Waals surface area contributed by atoms with Gasteiger partial charge in [0.05, 0.1) is 22.9 Å². The Labute approximate surface area is 168 Å². The van der Waals surface area contributed by atoms with E-state index in [9.17, 15) is 15.2 Å². The highest BCUT2D eigenvalue weighted by Gasteiger charge is 2.50. The Morgan fingerprint density at radius 1 is 1.38 bits per heavy atom. The molecule has 29 heavy (non-hydrogen) atoms. The first-order chi connectivity index (χ1) is 13.9. The van der Waals surface area contributed by atoms with Crippen LogP contribution in [0.15, 0.2) is 36.7 Å². The zero-order valence-corrected chi connectivity index (χ0v) is 16.4. The number of hydrogen-bond acceptors (Lipinski definition) is 4. The second-order valence-corrected chi connectivity index (χ2v) is 8.50. The predicted octanol–water partition coefficient (Wildman–Crippen LogP) is 3.50. The minimum atomic E-state index is -0.131. The predicted molar refractivity (Wildman–Crippen MR) is 109 cm³/mol. The molecule has 1 saturated heterocycles. The summed E-state index contributed by atoms with van der Waals surface area (Å²) in [5.41, 5.74) is 4.70. The number of benzene rings is 2. The number of carbonyl (C=O) groups is 1. The lowest BCUT2D eigenvalue weighted by Gasteiger charge is -2.54. The quantitative estimate of drug-likeness (QED) is 0.669. The van der Waals surface area contributed by atoms with Gasteiger partial charge in [-0.15, -0.1) is 0 Å². The van der Waals surface area contributed by atoms with Gasteiger partial charge in [0.1, 0.15) is 11.8 Å². The van der Waals surface area contributed by atoms with Gasteiger partial charge in [-0.3, -0.25) is 4.79 Å². The van der Waals surface area contributed by atoms with E-state index in [2.05, 4.69) is 29.9 Å². The van der Waals surface area contributed by atoms with Crippen LogP contribution in [-0.4, -0.2) is 38.5 Å². The van der Waals surface area contributed by atoms with E-state index in [1.54, 1.807) is 18.5 Å². The molecule has 0 unspecified atom stereocenters. The molecular weight excluding hydrogens is 364 g/mol. The molecule has 6 heteroatoms. The van der Waals surface area contributed by atoms with Crippen molar-refractivity contribution in [1.82, 2.24) is 14.9 Å². The summed E-state index contributed by atoms with van der Waals surface area (Å²) in [6.07, 6.45) is 3.15. The summed E-state index contributed by atoms with van der Waals surface area (Å²) in [7, 11) is 0.